The lowest BCUT2D eigenvalue weighted by atomic mass is 9.94. The van der Waals surface area contributed by atoms with Gasteiger partial charge in [0, 0.05) is 31.0 Å². The van der Waals surface area contributed by atoms with E-state index >= 15 is 0 Å². The topological polar surface area (TPSA) is 60.2 Å². The predicted molar refractivity (Wildman–Crippen MR) is 73.3 cm³/mol. The molecule has 1 aromatic rings. The summed E-state index contributed by atoms with van der Waals surface area (Å²) < 4.78 is 5.45. The molecule has 1 saturated heterocycles. The van der Waals surface area contributed by atoms with Crippen LogP contribution in [0.4, 0.5) is 5.82 Å². The number of hydrogen-bond acceptors (Lipinski definition) is 4. The number of nitrogen functional groups attached to an aromatic ring is 1. The smallest absolute Gasteiger partial charge is 0.128 e. The number of aromatic nitrogens is 1. The minimum Gasteiger partial charge on any atom is -0.383 e. The Kier molecular flexibility index (Phi) is 4.55. The Morgan fingerprint density at radius 2 is 2.44 bits per heavy atom. The molecule has 1 fully saturated rings. The van der Waals surface area contributed by atoms with Crippen molar-refractivity contribution in [3.8, 4) is 0 Å². The number of nitrogens with two attached hydrogens (primary N) is 1. The second-order valence-electron chi connectivity index (χ2n) is 5.06. The fraction of sp³-hybridized carbons (Fsp3) is 0.643. The van der Waals surface area contributed by atoms with Crippen molar-refractivity contribution in [1.29, 1.82) is 0 Å². The van der Waals surface area contributed by atoms with E-state index in [2.05, 4.69) is 30.2 Å². The Balaban J connectivity index is 2.14. The second kappa shape index (κ2) is 6.16. The van der Waals surface area contributed by atoms with E-state index < -0.39 is 0 Å². The molecule has 0 aliphatic carbocycles. The van der Waals surface area contributed by atoms with E-state index in [1.54, 1.807) is 0 Å². The van der Waals surface area contributed by atoms with Crippen LogP contribution < -0.4 is 11.1 Å². The largest absolute Gasteiger partial charge is 0.383 e. The summed E-state index contributed by atoms with van der Waals surface area (Å²) in [6, 6.07) is 2.43. The van der Waals surface area contributed by atoms with Gasteiger partial charge in [0.1, 0.15) is 5.82 Å². The molecular formula is C14H23N3O. The number of nitrogens with zero attached hydrogens (tertiary/aromatic N) is 1. The van der Waals surface area contributed by atoms with Crippen molar-refractivity contribution in [2.45, 2.75) is 32.7 Å². The molecule has 1 aromatic heterocycles. The molecule has 4 nitrogen and oxygen atoms in total. The van der Waals surface area contributed by atoms with Crippen LogP contribution >= 0.6 is 0 Å². The van der Waals surface area contributed by atoms with Crippen LogP contribution in [0, 0.1) is 12.8 Å². The molecule has 4 heteroatoms. The molecule has 100 valence electrons. The maximum Gasteiger partial charge on any atom is 0.128 e. The molecule has 2 atom stereocenters. The van der Waals surface area contributed by atoms with Crippen LogP contribution in [0.25, 0.3) is 0 Å². The van der Waals surface area contributed by atoms with Gasteiger partial charge in [0.2, 0.25) is 0 Å². The van der Waals surface area contributed by atoms with Gasteiger partial charge in [-0.15, -0.1) is 0 Å². The summed E-state index contributed by atoms with van der Waals surface area (Å²) in [6.45, 7) is 6.88. The predicted octanol–water partition coefficient (Wildman–Crippen LogP) is 2.05. The Hall–Kier alpha value is -1.13. The quantitative estimate of drug-likeness (QED) is 0.838. The van der Waals surface area contributed by atoms with E-state index in [0.29, 0.717) is 11.7 Å². The lowest BCUT2D eigenvalue weighted by Gasteiger charge is -2.22. The van der Waals surface area contributed by atoms with Crippen molar-refractivity contribution in [3.63, 3.8) is 0 Å². The average Bonchev–Trinajstić information content (AvgIpc) is 2.85. The first kappa shape index (κ1) is 13.3. The Morgan fingerprint density at radius 1 is 1.61 bits per heavy atom. The van der Waals surface area contributed by atoms with Crippen molar-refractivity contribution in [3.05, 3.63) is 23.4 Å². The molecule has 18 heavy (non-hydrogen) atoms. The molecule has 2 rings (SSSR count). The molecule has 1 aliphatic heterocycles. The third-order valence-electron chi connectivity index (χ3n) is 3.51. The number of rotatable bonds is 5. The van der Waals surface area contributed by atoms with Crippen LogP contribution in [0.5, 0.6) is 0 Å². The molecule has 2 heterocycles. The highest BCUT2D eigenvalue weighted by Gasteiger charge is 2.23. The van der Waals surface area contributed by atoms with E-state index in [4.69, 9.17) is 10.5 Å². The molecular weight excluding hydrogens is 226 g/mol. The standard InChI is InChI=1S/C14H23N3O/c1-3-16-13(7-11-4-5-18-9-11)12-6-10(2)8-17-14(12)15/h6,8,11,13,16H,3-5,7,9H2,1-2H3,(H2,15,17). The SMILES string of the molecule is CCNC(CC1CCOC1)c1cc(C)cnc1N. The maximum atomic E-state index is 6.01. The van der Waals surface area contributed by atoms with E-state index in [1.165, 1.54) is 0 Å². The molecule has 0 aromatic carbocycles. The molecule has 0 radical (unpaired) electrons. The molecule has 2 unspecified atom stereocenters. The van der Waals surface area contributed by atoms with Crippen molar-refractivity contribution in [1.82, 2.24) is 10.3 Å². The van der Waals surface area contributed by atoms with Gasteiger partial charge in [0.15, 0.2) is 0 Å². The van der Waals surface area contributed by atoms with Gasteiger partial charge < -0.3 is 15.8 Å². The summed E-state index contributed by atoms with van der Waals surface area (Å²) in [5.41, 5.74) is 8.30. The number of anilines is 1. The summed E-state index contributed by atoms with van der Waals surface area (Å²) in [5, 5.41) is 3.52. The highest BCUT2D eigenvalue weighted by atomic mass is 16.5. The van der Waals surface area contributed by atoms with Gasteiger partial charge in [0.25, 0.3) is 0 Å². The number of nitrogens with one attached hydrogen (secondary N) is 1. The number of aryl methyl sites for hydroxylation is 1. The van der Waals surface area contributed by atoms with Gasteiger partial charge in [-0.25, -0.2) is 4.98 Å². The number of hydrogen-bond donors (Lipinski definition) is 2. The van der Waals surface area contributed by atoms with Crippen LogP contribution in [0.1, 0.15) is 36.9 Å². The average molecular weight is 249 g/mol. The van der Waals surface area contributed by atoms with Gasteiger partial charge in [-0.2, -0.15) is 0 Å². The maximum absolute atomic E-state index is 6.01. The molecule has 0 spiro atoms. The summed E-state index contributed by atoms with van der Waals surface area (Å²) in [4.78, 5) is 4.26. The zero-order chi connectivity index (χ0) is 13.0. The van der Waals surface area contributed by atoms with E-state index in [-0.39, 0.29) is 6.04 Å². The fourth-order valence-electron chi connectivity index (χ4n) is 2.55. The van der Waals surface area contributed by atoms with Crippen molar-refractivity contribution in [2.75, 3.05) is 25.5 Å². The summed E-state index contributed by atoms with van der Waals surface area (Å²) in [7, 11) is 0. The van der Waals surface area contributed by atoms with Crippen LogP contribution in [0.15, 0.2) is 12.3 Å². The first-order valence-electron chi connectivity index (χ1n) is 6.73. The zero-order valence-electron chi connectivity index (χ0n) is 11.3. The third kappa shape index (κ3) is 3.21. The van der Waals surface area contributed by atoms with Gasteiger partial charge >= 0.3 is 0 Å². The van der Waals surface area contributed by atoms with Gasteiger partial charge in [0.05, 0.1) is 0 Å². The normalized spacial score (nSPS) is 21.1. The van der Waals surface area contributed by atoms with Crippen LogP contribution in [0.2, 0.25) is 0 Å². The zero-order valence-corrected chi connectivity index (χ0v) is 11.3. The van der Waals surface area contributed by atoms with Crippen molar-refractivity contribution in [2.24, 2.45) is 5.92 Å². The number of ether oxygens (including phenoxy) is 1. The van der Waals surface area contributed by atoms with E-state index in [0.717, 1.165) is 43.7 Å². The van der Waals surface area contributed by atoms with E-state index in [1.807, 2.05) is 6.20 Å². The monoisotopic (exact) mass is 249 g/mol. The molecule has 0 saturated carbocycles. The van der Waals surface area contributed by atoms with Crippen LogP contribution in [0.3, 0.4) is 0 Å². The minimum atomic E-state index is 0.286. The van der Waals surface area contributed by atoms with Crippen molar-refractivity contribution >= 4 is 5.82 Å². The van der Waals surface area contributed by atoms with Crippen LogP contribution in [-0.4, -0.2) is 24.7 Å². The van der Waals surface area contributed by atoms with Gasteiger partial charge in [-0.3, -0.25) is 0 Å². The first-order valence-corrected chi connectivity index (χ1v) is 6.73. The third-order valence-corrected chi connectivity index (χ3v) is 3.51. The molecule has 3 N–H and O–H groups in total. The van der Waals surface area contributed by atoms with E-state index in [9.17, 15) is 0 Å². The highest BCUT2D eigenvalue weighted by Crippen LogP contribution is 2.29. The molecule has 1 aliphatic rings. The summed E-state index contributed by atoms with van der Waals surface area (Å²) >= 11 is 0. The first-order chi connectivity index (χ1) is 8.70. The second-order valence-corrected chi connectivity index (χ2v) is 5.06. The summed E-state index contributed by atoms with van der Waals surface area (Å²) in [5.74, 6) is 1.28. The Bertz CT molecular complexity index is 389. The summed E-state index contributed by atoms with van der Waals surface area (Å²) in [6.07, 6.45) is 4.05. The van der Waals surface area contributed by atoms with Crippen LogP contribution in [-0.2, 0) is 4.74 Å². The Labute approximate surface area is 109 Å². The lowest BCUT2D eigenvalue weighted by molar-refractivity contribution is 0.181. The van der Waals surface area contributed by atoms with Gasteiger partial charge in [-0.05, 0) is 43.9 Å². The Morgan fingerprint density at radius 3 is 3.11 bits per heavy atom. The lowest BCUT2D eigenvalue weighted by Crippen LogP contribution is -2.25. The fourth-order valence-corrected chi connectivity index (χ4v) is 2.55. The minimum absolute atomic E-state index is 0.286. The number of pyridine rings is 1. The van der Waals surface area contributed by atoms with Crippen molar-refractivity contribution < 1.29 is 4.74 Å². The van der Waals surface area contributed by atoms with Gasteiger partial charge in [-0.1, -0.05) is 6.92 Å². The molecule has 0 bridgehead atoms. The highest BCUT2D eigenvalue weighted by molar-refractivity contribution is 5.43. The molecule has 0 amide bonds.